The zero-order valence-electron chi connectivity index (χ0n) is 11.1. The van der Waals surface area contributed by atoms with Crippen LogP contribution in [0.25, 0.3) is 0 Å². The van der Waals surface area contributed by atoms with E-state index in [0.717, 1.165) is 31.7 Å². The molecule has 3 rings (SSSR count). The Bertz CT molecular complexity index is 532. The third-order valence-corrected chi connectivity index (χ3v) is 4.68. The lowest BCUT2D eigenvalue weighted by Gasteiger charge is -2.26. The highest BCUT2D eigenvalue weighted by Crippen LogP contribution is 2.30. The molecule has 2 fully saturated rings. The topological polar surface area (TPSA) is 59.0 Å². The van der Waals surface area contributed by atoms with Crippen molar-refractivity contribution in [1.82, 2.24) is 15.1 Å². The van der Waals surface area contributed by atoms with E-state index in [2.05, 4.69) is 38.6 Å². The highest BCUT2D eigenvalue weighted by Gasteiger charge is 2.29. The number of hydrogen-bond donors (Lipinski definition) is 2. The monoisotopic (exact) mass is 326 g/mol. The molecule has 1 saturated carbocycles. The molecular formula is C13H19BrN4O. The van der Waals surface area contributed by atoms with E-state index in [9.17, 15) is 4.79 Å². The van der Waals surface area contributed by atoms with Crippen LogP contribution in [0.4, 0.5) is 5.69 Å². The molecule has 0 radical (unpaired) electrons. The summed E-state index contributed by atoms with van der Waals surface area (Å²) in [4.78, 5) is 12.2. The number of anilines is 1. The third kappa shape index (κ3) is 2.84. The van der Waals surface area contributed by atoms with E-state index in [1.165, 1.54) is 12.8 Å². The van der Waals surface area contributed by atoms with Crippen LogP contribution in [0.15, 0.2) is 15.5 Å². The molecule has 5 nitrogen and oxygen atoms in total. The van der Waals surface area contributed by atoms with Crippen molar-refractivity contribution < 1.29 is 0 Å². The SMILES string of the molecule is CC1(Nc2cnn(CC3CC3)c(=O)c2Br)CCNC1. The summed E-state index contributed by atoms with van der Waals surface area (Å²) >= 11 is 3.42. The molecule has 1 unspecified atom stereocenters. The van der Waals surface area contributed by atoms with Crippen LogP contribution in [0.2, 0.25) is 0 Å². The standard InChI is InChI=1S/C13H19BrN4O/c1-13(4-5-15-8-13)17-10-6-16-18(7-9-2-3-9)12(19)11(10)14/h6,9,15,17H,2-5,7-8H2,1H3. The first-order valence-corrected chi connectivity index (χ1v) is 7.61. The Balaban J connectivity index is 1.82. The van der Waals surface area contributed by atoms with Gasteiger partial charge in [0.15, 0.2) is 0 Å². The molecule has 19 heavy (non-hydrogen) atoms. The van der Waals surface area contributed by atoms with E-state index in [1.807, 2.05) is 0 Å². The van der Waals surface area contributed by atoms with Crippen molar-refractivity contribution in [3.63, 3.8) is 0 Å². The third-order valence-electron chi connectivity index (χ3n) is 3.92. The van der Waals surface area contributed by atoms with Crippen LogP contribution in [-0.2, 0) is 6.54 Å². The second-order valence-corrected chi connectivity index (χ2v) is 6.71. The van der Waals surface area contributed by atoms with Gasteiger partial charge in [0.1, 0.15) is 4.47 Å². The maximum atomic E-state index is 12.2. The minimum Gasteiger partial charge on any atom is -0.376 e. The molecule has 1 atom stereocenters. The van der Waals surface area contributed by atoms with Crippen molar-refractivity contribution in [3.8, 4) is 0 Å². The summed E-state index contributed by atoms with van der Waals surface area (Å²) < 4.78 is 2.17. The second-order valence-electron chi connectivity index (χ2n) is 5.92. The molecule has 1 aliphatic heterocycles. The van der Waals surface area contributed by atoms with Crippen molar-refractivity contribution in [2.45, 2.75) is 38.3 Å². The van der Waals surface area contributed by atoms with Crippen LogP contribution in [-0.4, -0.2) is 28.4 Å². The van der Waals surface area contributed by atoms with Crippen LogP contribution in [0.3, 0.4) is 0 Å². The Hall–Kier alpha value is -0.880. The maximum absolute atomic E-state index is 12.2. The maximum Gasteiger partial charge on any atom is 0.283 e. The molecule has 1 aliphatic carbocycles. The number of aromatic nitrogens is 2. The molecule has 0 spiro atoms. The van der Waals surface area contributed by atoms with Gasteiger partial charge in [-0.05, 0) is 54.6 Å². The molecule has 6 heteroatoms. The molecule has 0 bridgehead atoms. The van der Waals surface area contributed by atoms with Crippen molar-refractivity contribution in [3.05, 3.63) is 21.0 Å². The van der Waals surface area contributed by atoms with Crippen molar-refractivity contribution in [2.24, 2.45) is 5.92 Å². The first-order chi connectivity index (χ1) is 9.07. The van der Waals surface area contributed by atoms with Crippen molar-refractivity contribution in [1.29, 1.82) is 0 Å². The number of nitrogens with one attached hydrogen (secondary N) is 2. The number of nitrogens with zero attached hydrogens (tertiary/aromatic N) is 2. The molecular weight excluding hydrogens is 308 g/mol. The van der Waals surface area contributed by atoms with Crippen LogP contribution in [0.5, 0.6) is 0 Å². The Morgan fingerprint density at radius 1 is 1.63 bits per heavy atom. The van der Waals surface area contributed by atoms with Gasteiger partial charge in [-0.25, -0.2) is 4.68 Å². The van der Waals surface area contributed by atoms with E-state index in [1.54, 1.807) is 10.9 Å². The minimum absolute atomic E-state index is 0.000679. The lowest BCUT2D eigenvalue weighted by molar-refractivity contribution is 0.527. The molecule has 1 aromatic rings. The molecule has 1 aromatic heterocycles. The Morgan fingerprint density at radius 3 is 3.05 bits per heavy atom. The van der Waals surface area contributed by atoms with E-state index < -0.39 is 0 Å². The quantitative estimate of drug-likeness (QED) is 0.882. The Kier molecular flexibility index (Phi) is 3.39. The summed E-state index contributed by atoms with van der Waals surface area (Å²) in [5.41, 5.74) is 0.758. The first kappa shape index (κ1) is 13.1. The van der Waals surface area contributed by atoms with Gasteiger partial charge in [0.2, 0.25) is 0 Å². The van der Waals surface area contributed by atoms with Gasteiger partial charge in [0.25, 0.3) is 5.56 Å². The van der Waals surface area contributed by atoms with Crippen molar-refractivity contribution in [2.75, 3.05) is 18.4 Å². The summed E-state index contributed by atoms with van der Waals surface area (Å²) in [5, 5.41) is 11.1. The highest BCUT2D eigenvalue weighted by molar-refractivity contribution is 9.10. The average Bonchev–Trinajstić information content (AvgIpc) is 3.10. The van der Waals surface area contributed by atoms with Gasteiger partial charge in [-0.3, -0.25) is 4.79 Å². The molecule has 0 aromatic carbocycles. The smallest absolute Gasteiger partial charge is 0.283 e. The summed E-state index contributed by atoms with van der Waals surface area (Å²) in [6.07, 6.45) is 5.24. The predicted octanol–water partition coefficient (Wildman–Crippen LogP) is 1.58. The van der Waals surface area contributed by atoms with Gasteiger partial charge in [-0.15, -0.1) is 0 Å². The van der Waals surface area contributed by atoms with Gasteiger partial charge in [-0.2, -0.15) is 5.10 Å². The van der Waals surface area contributed by atoms with Gasteiger partial charge < -0.3 is 10.6 Å². The highest BCUT2D eigenvalue weighted by atomic mass is 79.9. The fourth-order valence-corrected chi connectivity index (χ4v) is 2.88. The fourth-order valence-electron chi connectivity index (χ4n) is 2.48. The van der Waals surface area contributed by atoms with Crippen LogP contribution < -0.4 is 16.2 Å². The molecule has 0 amide bonds. The lowest BCUT2D eigenvalue weighted by Crippen LogP contribution is -2.38. The molecule has 1 saturated heterocycles. The number of halogens is 1. The number of hydrogen-bond acceptors (Lipinski definition) is 4. The zero-order chi connectivity index (χ0) is 13.5. The van der Waals surface area contributed by atoms with Gasteiger partial charge in [0.05, 0.1) is 11.9 Å². The zero-order valence-corrected chi connectivity index (χ0v) is 12.7. The molecule has 2 N–H and O–H groups in total. The molecule has 104 valence electrons. The summed E-state index contributed by atoms with van der Waals surface area (Å²) in [5.74, 6) is 0.646. The Labute approximate surface area is 120 Å². The largest absolute Gasteiger partial charge is 0.376 e. The lowest BCUT2D eigenvalue weighted by atomic mass is 10.0. The molecule has 2 heterocycles. The van der Waals surface area contributed by atoms with Gasteiger partial charge >= 0.3 is 0 Å². The summed E-state index contributed by atoms with van der Waals surface area (Å²) in [6.45, 7) is 4.82. The fraction of sp³-hybridized carbons (Fsp3) is 0.692. The van der Waals surface area contributed by atoms with Crippen molar-refractivity contribution >= 4 is 21.6 Å². The second kappa shape index (κ2) is 4.90. The normalized spacial score (nSPS) is 26.6. The predicted molar refractivity (Wildman–Crippen MR) is 78.4 cm³/mol. The number of rotatable bonds is 4. The Morgan fingerprint density at radius 2 is 2.42 bits per heavy atom. The molecule has 2 aliphatic rings. The van der Waals surface area contributed by atoms with E-state index in [4.69, 9.17) is 0 Å². The van der Waals surface area contributed by atoms with Gasteiger partial charge in [-0.1, -0.05) is 0 Å². The van der Waals surface area contributed by atoms with Crippen LogP contribution in [0, 0.1) is 5.92 Å². The van der Waals surface area contributed by atoms with E-state index in [0.29, 0.717) is 10.4 Å². The van der Waals surface area contributed by atoms with Gasteiger partial charge in [0, 0.05) is 18.6 Å². The summed E-state index contributed by atoms with van der Waals surface area (Å²) in [6, 6.07) is 0. The van der Waals surface area contributed by atoms with Crippen LogP contribution >= 0.6 is 15.9 Å². The summed E-state index contributed by atoms with van der Waals surface area (Å²) in [7, 11) is 0. The minimum atomic E-state index is -0.0357. The van der Waals surface area contributed by atoms with Crippen LogP contribution in [0.1, 0.15) is 26.2 Å². The van der Waals surface area contributed by atoms with E-state index >= 15 is 0 Å². The average molecular weight is 327 g/mol. The van der Waals surface area contributed by atoms with E-state index in [-0.39, 0.29) is 11.1 Å². The first-order valence-electron chi connectivity index (χ1n) is 6.82.